The van der Waals surface area contributed by atoms with E-state index in [0.29, 0.717) is 18.0 Å². The van der Waals surface area contributed by atoms with Gasteiger partial charge in [0.1, 0.15) is 11.4 Å². The Morgan fingerprint density at radius 2 is 1.88 bits per heavy atom. The van der Waals surface area contributed by atoms with Crippen LogP contribution in [-0.2, 0) is 0 Å². The van der Waals surface area contributed by atoms with E-state index in [4.69, 9.17) is 4.74 Å². The molecule has 0 saturated carbocycles. The van der Waals surface area contributed by atoms with Crippen LogP contribution in [0, 0.1) is 0 Å². The summed E-state index contributed by atoms with van der Waals surface area (Å²) in [5, 5.41) is 6.17. The number of hydrogen-bond acceptors (Lipinski definition) is 4. The summed E-state index contributed by atoms with van der Waals surface area (Å²) in [6.45, 7) is 5.63. The van der Waals surface area contributed by atoms with E-state index in [0.717, 1.165) is 24.4 Å². The molecular weight excluding hydrogens is 302 g/mol. The fraction of sp³-hybridized carbons (Fsp3) is 0.368. The van der Waals surface area contributed by atoms with E-state index in [1.165, 1.54) is 12.8 Å². The van der Waals surface area contributed by atoms with Crippen LogP contribution in [0.15, 0.2) is 42.6 Å². The number of benzene rings is 1. The van der Waals surface area contributed by atoms with Gasteiger partial charge in [0.15, 0.2) is 0 Å². The number of nitrogens with one attached hydrogen (secondary N) is 2. The number of carbonyl (C=O) groups is 1. The zero-order valence-corrected chi connectivity index (χ0v) is 14.3. The molecule has 1 amide bonds. The van der Waals surface area contributed by atoms with Gasteiger partial charge < -0.3 is 15.4 Å². The van der Waals surface area contributed by atoms with Crippen LogP contribution in [0.4, 0.5) is 11.4 Å². The molecule has 0 fully saturated rings. The molecule has 24 heavy (non-hydrogen) atoms. The molecule has 0 bridgehead atoms. The fourth-order valence-corrected chi connectivity index (χ4v) is 2.27. The Morgan fingerprint density at radius 1 is 1.08 bits per heavy atom. The van der Waals surface area contributed by atoms with Gasteiger partial charge >= 0.3 is 0 Å². The second-order valence-electron chi connectivity index (χ2n) is 5.48. The average molecular weight is 327 g/mol. The lowest BCUT2D eigenvalue weighted by Crippen LogP contribution is -2.14. The van der Waals surface area contributed by atoms with Crippen molar-refractivity contribution in [2.45, 2.75) is 33.1 Å². The molecule has 0 aliphatic carbocycles. The van der Waals surface area contributed by atoms with Crippen molar-refractivity contribution >= 4 is 17.3 Å². The van der Waals surface area contributed by atoms with Crippen molar-refractivity contribution in [3.63, 3.8) is 0 Å². The molecule has 0 aliphatic heterocycles. The average Bonchev–Trinajstić information content (AvgIpc) is 2.61. The van der Waals surface area contributed by atoms with Crippen LogP contribution in [0.3, 0.4) is 0 Å². The van der Waals surface area contributed by atoms with E-state index < -0.39 is 0 Å². The van der Waals surface area contributed by atoms with Crippen molar-refractivity contribution < 1.29 is 9.53 Å². The lowest BCUT2D eigenvalue weighted by atomic mass is 10.2. The number of rotatable bonds is 9. The van der Waals surface area contributed by atoms with Crippen molar-refractivity contribution in [2.75, 3.05) is 23.8 Å². The summed E-state index contributed by atoms with van der Waals surface area (Å²) in [4.78, 5) is 16.5. The highest BCUT2D eigenvalue weighted by Gasteiger charge is 2.08. The Kier molecular flexibility index (Phi) is 7.08. The molecule has 0 saturated heterocycles. The quantitative estimate of drug-likeness (QED) is 0.673. The van der Waals surface area contributed by atoms with Gasteiger partial charge in [-0.2, -0.15) is 0 Å². The van der Waals surface area contributed by atoms with Crippen LogP contribution in [-0.4, -0.2) is 24.0 Å². The summed E-state index contributed by atoms with van der Waals surface area (Å²) >= 11 is 0. The number of pyridine rings is 1. The molecule has 2 N–H and O–H groups in total. The summed E-state index contributed by atoms with van der Waals surface area (Å²) in [6.07, 6.45) is 5.15. The third kappa shape index (κ3) is 5.57. The SMILES string of the molecule is CCCCCNc1ccnc(C(=O)Nc2ccc(OCC)cc2)c1. The third-order valence-electron chi connectivity index (χ3n) is 3.53. The maximum absolute atomic E-state index is 12.3. The van der Waals surface area contributed by atoms with E-state index in [1.807, 2.05) is 37.3 Å². The van der Waals surface area contributed by atoms with Gasteiger partial charge in [-0.25, -0.2) is 0 Å². The second-order valence-corrected chi connectivity index (χ2v) is 5.48. The van der Waals surface area contributed by atoms with Gasteiger partial charge in [0.2, 0.25) is 0 Å². The Bertz CT molecular complexity index is 641. The number of anilines is 2. The highest BCUT2D eigenvalue weighted by molar-refractivity contribution is 6.03. The van der Waals surface area contributed by atoms with Gasteiger partial charge in [-0.15, -0.1) is 0 Å². The van der Waals surface area contributed by atoms with E-state index >= 15 is 0 Å². The van der Waals surface area contributed by atoms with Crippen LogP contribution < -0.4 is 15.4 Å². The standard InChI is InChI=1S/C19H25N3O2/c1-3-5-6-12-20-16-11-13-21-18(14-16)19(23)22-15-7-9-17(10-8-15)24-4-2/h7-11,13-14H,3-6,12H2,1-2H3,(H,20,21)(H,22,23). The topological polar surface area (TPSA) is 63.2 Å². The monoisotopic (exact) mass is 327 g/mol. The predicted molar refractivity (Wildman–Crippen MR) is 97.8 cm³/mol. The number of carbonyl (C=O) groups excluding carboxylic acids is 1. The van der Waals surface area contributed by atoms with E-state index in [-0.39, 0.29) is 5.91 Å². The predicted octanol–water partition coefficient (Wildman–Crippen LogP) is 4.33. The van der Waals surface area contributed by atoms with Crippen LogP contribution in [0.1, 0.15) is 43.6 Å². The summed E-state index contributed by atoms with van der Waals surface area (Å²) in [6, 6.07) is 10.9. The molecule has 5 heteroatoms. The van der Waals surface area contributed by atoms with Gasteiger partial charge in [0.25, 0.3) is 5.91 Å². The number of unbranched alkanes of at least 4 members (excludes halogenated alkanes) is 2. The van der Waals surface area contributed by atoms with E-state index in [9.17, 15) is 4.79 Å². The number of aromatic nitrogens is 1. The molecule has 0 spiro atoms. The smallest absolute Gasteiger partial charge is 0.274 e. The molecule has 0 unspecified atom stereocenters. The molecule has 0 radical (unpaired) electrons. The molecule has 1 aromatic carbocycles. The fourth-order valence-electron chi connectivity index (χ4n) is 2.27. The normalized spacial score (nSPS) is 10.2. The summed E-state index contributed by atoms with van der Waals surface area (Å²) in [5.41, 5.74) is 2.02. The van der Waals surface area contributed by atoms with Gasteiger partial charge in [-0.3, -0.25) is 9.78 Å². The Labute approximate surface area is 143 Å². The van der Waals surface area contributed by atoms with Crippen molar-refractivity contribution in [2.24, 2.45) is 0 Å². The molecular formula is C19H25N3O2. The maximum Gasteiger partial charge on any atom is 0.274 e. The maximum atomic E-state index is 12.3. The number of ether oxygens (including phenoxy) is 1. The summed E-state index contributed by atoms with van der Waals surface area (Å²) < 4.78 is 5.39. The van der Waals surface area contributed by atoms with E-state index in [1.54, 1.807) is 12.3 Å². The van der Waals surface area contributed by atoms with Crippen LogP contribution in [0.25, 0.3) is 0 Å². The zero-order valence-electron chi connectivity index (χ0n) is 14.3. The van der Waals surface area contributed by atoms with Crippen LogP contribution in [0.5, 0.6) is 5.75 Å². The van der Waals surface area contributed by atoms with E-state index in [2.05, 4.69) is 22.5 Å². The van der Waals surface area contributed by atoms with Crippen molar-refractivity contribution in [1.29, 1.82) is 0 Å². The minimum atomic E-state index is -0.226. The molecule has 1 heterocycles. The first-order valence-electron chi connectivity index (χ1n) is 8.47. The van der Waals surface area contributed by atoms with Gasteiger partial charge in [-0.05, 0) is 49.7 Å². The van der Waals surface area contributed by atoms with Crippen molar-refractivity contribution in [3.8, 4) is 5.75 Å². The molecule has 5 nitrogen and oxygen atoms in total. The van der Waals surface area contributed by atoms with Gasteiger partial charge in [-0.1, -0.05) is 19.8 Å². The lowest BCUT2D eigenvalue weighted by molar-refractivity contribution is 0.102. The second kappa shape index (κ2) is 9.55. The molecule has 128 valence electrons. The summed E-state index contributed by atoms with van der Waals surface area (Å²) in [7, 11) is 0. The van der Waals surface area contributed by atoms with Crippen molar-refractivity contribution in [3.05, 3.63) is 48.3 Å². The molecule has 2 rings (SSSR count). The first kappa shape index (κ1) is 17.8. The molecule has 0 atom stereocenters. The number of amides is 1. The zero-order chi connectivity index (χ0) is 17.2. The molecule has 0 aliphatic rings. The van der Waals surface area contributed by atoms with Gasteiger partial charge in [0, 0.05) is 24.1 Å². The minimum absolute atomic E-state index is 0.226. The summed E-state index contributed by atoms with van der Waals surface area (Å²) in [5.74, 6) is 0.559. The highest BCUT2D eigenvalue weighted by Crippen LogP contribution is 2.17. The lowest BCUT2D eigenvalue weighted by Gasteiger charge is -2.09. The number of hydrogen-bond donors (Lipinski definition) is 2. The molecule has 2 aromatic rings. The third-order valence-corrected chi connectivity index (χ3v) is 3.53. The first-order valence-corrected chi connectivity index (χ1v) is 8.47. The van der Waals surface area contributed by atoms with Crippen LogP contribution in [0.2, 0.25) is 0 Å². The van der Waals surface area contributed by atoms with Gasteiger partial charge in [0.05, 0.1) is 6.61 Å². The first-order chi connectivity index (χ1) is 11.7. The van der Waals surface area contributed by atoms with Crippen LogP contribution >= 0.6 is 0 Å². The Morgan fingerprint density at radius 3 is 2.58 bits per heavy atom. The highest BCUT2D eigenvalue weighted by atomic mass is 16.5. The molecule has 1 aromatic heterocycles. The Balaban J connectivity index is 1.94. The number of nitrogens with zero attached hydrogens (tertiary/aromatic N) is 1. The Hall–Kier alpha value is -2.56. The van der Waals surface area contributed by atoms with Crippen molar-refractivity contribution in [1.82, 2.24) is 4.98 Å². The largest absolute Gasteiger partial charge is 0.494 e. The minimum Gasteiger partial charge on any atom is -0.494 e.